The molecule has 0 radical (unpaired) electrons. The normalized spacial score (nSPS) is 12.3. The maximum absolute atomic E-state index is 11.7. The molecule has 6 nitrogen and oxygen atoms in total. The smallest absolute Gasteiger partial charge is 0.243 e. The molecular weight excluding hydrogens is 216 g/mol. The number of hydrogen-bond donors (Lipinski definition) is 2. The Labute approximate surface area is 89.5 Å². The lowest BCUT2D eigenvalue weighted by atomic mass is 10.4. The van der Waals surface area contributed by atoms with E-state index in [4.69, 9.17) is 5.73 Å². The largest absolute Gasteiger partial charge is 0.329 e. The predicted molar refractivity (Wildman–Crippen MR) is 56.7 cm³/mol. The van der Waals surface area contributed by atoms with E-state index in [1.165, 1.54) is 17.1 Å². The number of aromatic nitrogens is 2. The molecule has 15 heavy (non-hydrogen) atoms. The second kappa shape index (κ2) is 4.73. The quantitative estimate of drug-likeness (QED) is 0.718. The summed E-state index contributed by atoms with van der Waals surface area (Å²) in [6, 6.07) is -0.132. The summed E-state index contributed by atoms with van der Waals surface area (Å²) in [7, 11) is -3.43. The fourth-order valence-corrected chi connectivity index (χ4v) is 2.32. The molecule has 0 aromatic carbocycles. The summed E-state index contributed by atoms with van der Waals surface area (Å²) in [5.41, 5.74) is 5.33. The Kier molecular flexibility index (Phi) is 3.83. The number of hydrogen-bond acceptors (Lipinski definition) is 4. The van der Waals surface area contributed by atoms with E-state index in [-0.39, 0.29) is 10.9 Å². The number of nitrogens with zero attached hydrogens (tertiary/aromatic N) is 2. The van der Waals surface area contributed by atoms with Crippen molar-refractivity contribution < 1.29 is 8.42 Å². The van der Waals surface area contributed by atoms with Crippen LogP contribution in [0, 0.1) is 0 Å². The van der Waals surface area contributed by atoms with E-state index in [0.717, 1.165) is 0 Å². The van der Waals surface area contributed by atoms with Gasteiger partial charge in [-0.1, -0.05) is 0 Å². The molecule has 0 aliphatic heterocycles. The van der Waals surface area contributed by atoms with Crippen molar-refractivity contribution in [2.45, 2.75) is 31.3 Å². The van der Waals surface area contributed by atoms with Gasteiger partial charge in [-0.2, -0.15) is 5.10 Å². The molecule has 0 saturated heterocycles. The van der Waals surface area contributed by atoms with Crippen molar-refractivity contribution in [2.24, 2.45) is 5.73 Å². The molecule has 0 saturated carbocycles. The van der Waals surface area contributed by atoms with Crippen LogP contribution in [0.4, 0.5) is 0 Å². The fourth-order valence-electron chi connectivity index (χ4n) is 1.12. The van der Waals surface area contributed by atoms with Crippen LogP contribution in [0.1, 0.15) is 13.8 Å². The summed E-state index contributed by atoms with van der Waals surface area (Å²) in [6.07, 6.45) is 2.79. The Morgan fingerprint density at radius 2 is 2.27 bits per heavy atom. The zero-order valence-corrected chi connectivity index (χ0v) is 9.66. The molecule has 0 fully saturated rings. The Hall–Kier alpha value is -0.920. The zero-order valence-electron chi connectivity index (χ0n) is 8.84. The van der Waals surface area contributed by atoms with Crippen LogP contribution in [0.15, 0.2) is 17.3 Å². The van der Waals surface area contributed by atoms with Crippen LogP contribution in [0.5, 0.6) is 0 Å². The number of rotatable bonds is 5. The molecule has 1 heterocycles. The SMILES string of the molecule is CC(C)NS(=O)(=O)c1cnn(CCN)c1. The third-order valence-electron chi connectivity index (χ3n) is 1.67. The first kappa shape index (κ1) is 12.2. The lowest BCUT2D eigenvalue weighted by molar-refractivity contribution is 0.569. The van der Waals surface area contributed by atoms with Crippen molar-refractivity contribution in [1.82, 2.24) is 14.5 Å². The molecule has 1 aromatic heterocycles. The van der Waals surface area contributed by atoms with E-state index in [0.29, 0.717) is 13.1 Å². The molecule has 0 unspecified atom stereocenters. The molecule has 86 valence electrons. The van der Waals surface area contributed by atoms with Crippen molar-refractivity contribution >= 4 is 10.0 Å². The first-order valence-electron chi connectivity index (χ1n) is 4.70. The standard InChI is InChI=1S/C8H16N4O2S/c1-7(2)11-15(13,14)8-5-10-12(6-8)4-3-9/h5-7,11H,3-4,9H2,1-2H3. The van der Waals surface area contributed by atoms with E-state index >= 15 is 0 Å². The Morgan fingerprint density at radius 1 is 1.60 bits per heavy atom. The first-order valence-corrected chi connectivity index (χ1v) is 6.19. The molecule has 0 amide bonds. The van der Waals surface area contributed by atoms with E-state index in [1.807, 2.05) is 0 Å². The van der Waals surface area contributed by atoms with Gasteiger partial charge in [-0.25, -0.2) is 13.1 Å². The highest BCUT2D eigenvalue weighted by atomic mass is 32.2. The van der Waals surface area contributed by atoms with Gasteiger partial charge in [0.1, 0.15) is 4.90 Å². The highest BCUT2D eigenvalue weighted by Gasteiger charge is 2.17. The van der Waals surface area contributed by atoms with Gasteiger partial charge >= 0.3 is 0 Å². The van der Waals surface area contributed by atoms with E-state index in [1.54, 1.807) is 13.8 Å². The summed E-state index contributed by atoms with van der Waals surface area (Å²) in [6.45, 7) is 4.47. The van der Waals surface area contributed by atoms with Gasteiger partial charge < -0.3 is 5.73 Å². The van der Waals surface area contributed by atoms with Crippen molar-refractivity contribution in [3.05, 3.63) is 12.4 Å². The number of nitrogens with one attached hydrogen (secondary N) is 1. The van der Waals surface area contributed by atoms with Crippen molar-refractivity contribution in [1.29, 1.82) is 0 Å². The van der Waals surface area contributed by atoms with Gasteiger partial charge in [-0.3, -0.25) is 4.68 Å². The van der Waals surface area contributed by atoms with Crippen LogP contribution >= 0.6 is 0 Å². The summed E-state index contributed by atoms with van der Waals surface area (Å²) in [5.74, 6) is 0. The van der Waals surface area contributed by atoms with Gasteiger partial charge in [-0.05, 0) is 13.8 Å². The molecule has 7 heteroatoms. The monoisotopic (exact) mass is 232 g/mol. The van der Waals surface area contributed by atoms with Crippen LogP contribution in [0.25, 0.3) is 0 Å². The summed E-state index contributed by atoms with van der Waals surface area (Å²) in [5, 5.41) is 3.90. The van der Waals surface area contributed by atoms with E-state index in [2.05, 4.69) is 9.82 Å². The summed E-state index contributed by atoms with van der Waals surface area (Å²) in [4.78, 5) is 0.171. The van der Waals surface area contributed by atoms with Crippen LogP contribution in [0.3, 0.4) is 0 Å². The third kappa shape index (κ3) is 3.29. The van der Waals surface area contributed by atoms with Gasteiger partial charge in [0.25, 0.3) is 0 Å². The predicted octanol–water partition coefficient (Wildman–Crippen LogP) is -0.471. The molecular formula is C8H16N4O2S. The lowest BCUT2D eigenvalue weighted by Gasteiger charge is -2.06. The second-order valence-corrected chi connectivity index (χ2v) is 5.22. The summed E-state index contributed by atoms with van der Waals surface area (Å²) >= 11 is 0. The van der Waals surface area contributed by atoms with Crippen LogP contribution < -0.4 is 10.5 Å². The first-order chi connectivity index (χ1) is 6.95. The topological polar surface area (TPSA) is 90.0 Å². The maximum Gasteiger partial charge on any atom is 0.243 e. The molecule has 0 aliphatic rings. The molecule has 0 atom stereocenters. The minimum absolute atomic E-state index is 0.132. The van der Waals surface area contributed by atoms with Crippen molar-refractivity contribution in [3.63, 3.8) is 0 Å². The van der Waals surface area contributed by atoms with Gasteiger partial charge in [0, 0.05) is 18.8 Å². The Bertz CT molecular complexity index is 410. The fraction of sp³-hybridized carbons (Fsp3) is 0.625. The van der Waals surface area contributed by atoms with Gasteiger partial charge in [0.15, 0.2) is 0 Å². The molecule has 0 bridgehead atoms. The number of sulfonamides is 1. The van der Waals surface area contributed by atoms with Crippen LogP contribution in [-0.4, -0.2) is 30.8 Å². The lowest BCUT2D eigenvalue weighted by Crippen LogP contribution is -2.30. The number of nitrogens with two attached hydrogens (primary N) is 1. The summed E-state index contributed by atoms with van der Waals surface area (Å²) < 4.78 is 27.3. The highest BCUT2D eigenvalue weighted by molar-refractivity contribution is 7.89. The maximum atomic E-state index is 11.7. The van der Waals surface area contributed by atoms with Crippen molar-refractivity contribution in [3.8, 4) is 0 Å². The third-order valence-corrected chi connectivity index (χ3v) is 3.28. The minimum Gasteiger partial charge on any atom is -0.329 e. The molecule has 0 aliphatic carbocycles. The highest BCUT2D eigenvalue weighted by Crippen LogP contribution is 2.07. The average Bonchev–Trinajstić information content (AvgIpc) is 2.51. The van der Waals surface area contributed by atoms with Crippen LogP contribution in [-0.2, 0) is 16.6 Å². The van der Waals surface area contributed by atoms with E-state index < -0.39 is 10.0 Å². The second-order valence-electron chi connectivity index (χ2n) is 3.50. The van der Waals surface area contributed by atoms with Crippen LogP contribution in [0.2, 0.25) is 0 Å². The van der Waals surface area contributed by atoms with E-state index in [9.17, 15) is 8.42 Å². The molecule has 3 N–H and O–H groups in total. The Morgan fingerprint density at radius 3 is 2.80 bits per heavy atom. The molecule has 1 aromatic rings. The Balaban J connectivity index is 2.86. The van der Waals surface area contributed by atoms with Gasteiger partial charge in [-0.15, -0.1) is 0 Å². The average molecular weight is 232 g/mol. The molecule has 0 spiro atoms. The minimum atomic E-state index is -3.43. The van der Waals surface area contributed by atoms with Gasteiger partial charge in [0.05, 0.1) is 12.7 Å². The van der Waals surface area contributed by atoms with Crippen molar-refractivity contribution in [2.75, 3.05) is 6.54 Å². The zero-order chi connectivity index (χ0) is 11.5. The van der Waals surface area contributed by atoms with Gasteiger partial charge in [0.2, 0.25) is 10.0 Å². The molecule has 1 rings (SSSR count).